The molecule has 0 saturated carbocycles. The molecule has 19 heavy (non-hydrogen) atoms. The summed E-state index contributed by atoms with van der Waals surface area (Å²) in [5.41, 5.74) is 2.07. The molecule has 0 bridgehead atoms. The Bertz CT molecular complexity index is 417. The highest BCUT2D eigenvalue weighted by Gasteiger charge is 2.08. The predicted octanol–water partition coefficient (Wildman–Crippen LogP) is 1.61. The van der Waals surface area contributed by atoms with Crippen LogP contribution in [0.4, 0.5) is 0 Å². The molecular weight excluding hydrogens is 240 g/mol. The van der Waals surface area contributed by atoms with Crippen molar-refractivity contribution < 1.29 is 9.53 Å². The smallest absolute Gasteiger partial charge is 0.224 e. The second-order valence-electron chi connectivity index (χ2n) is 5.00. The summed E-state index contributed by atoms with van der Waals surface area (Å²) in [4.78, 5) is 14.0. The molecule has 1 aromatic rings. The largest absolute Gasteiger partial charge is 0.496 e. The summed E-state index contributed by atoms with van der Waals surface area (Å²) in [5.74, 6) is 0.816. The third-order valence-electron chi connectivity index (χ3n) is 2.89. The van der Waals surface area contributed by atoms with Crippen molar-refractivity contribution in [3.63, 3.8) is 0 Å². The number of carbonyl (C=O) groups is 1. The van der Waals surface area contributed by atoms with E-state index in [0.717, 1.165) is 29.8 Å². The Morgan fingerprint density at radius 1 is 1.37 bits per heavy atom. The summed E-state index contributed by atoms with van der Waals surface area (Å²) < 4.78 is 5.27. The minimum atomic E-state index is 0.0441. The van der Waals surface area contributed by atoms with Crippen LogP contribution >= 0.6 is 0 Å². The SMILES string of the molecule is COc1ccc(C)cc1CC(=O)NCCCN(C)C. The van der Waals surface area contributed by atoms with E-state index in [9.17, 15) is 4.79 Å². The predicted molar refractivity (Wildman–Crippen MR) is 77.6 cm³/mol. The maximum absolute atomic E-state index is 11.9. The van der Waals surface area contributed by atoms with E-state index in [1.165, 1.54) is 0 Å². The highest BCUT2D eigenvalue weighted by molar-refractivity contribution is 5.79. The van der Waals surface area contributed by atoms with Crippen LogP contribution in [0.2, 0.25) is 0 Å². The Balaban J connectivity index is 2.45. The molecule has 1 aromatic carbocycles. The summed E-state index contributed by atoms with van der Waals surface area (Å²) >= 11 is 0. The fourth-order valence-corrected chi connectivity index (χ4v) is 1.90. The van der Waals surface area contributed by atoms with Gasteiger partial charge in [0, 0.05) is 12.1 Å². The van der Waals surface area contributed by atoms with Crippen LogP contribution in [-0.2, 0) is 11.2 Å². The van der Waals surface area contributed by atoms with Crippen LogP contribution in [0.15, 0.2) is 18.2 Å². The van der Waals surface area contributed by atoms with Gasteiger partial charge in [-0.3, -0.25) is 4.79 Å². The fraction of sp³-hybridized carbons (Fsp3) is 0.533. The highest BCUT2D eigenvalue weighted by atomic mass is 16.5. The fourth-order valence-electron chi connectivity index (χ4n) is 1.90. The molecule has 1 rings (SSSR count). The monoisotopic (exact) mass is 264 g/mol. The average Bonchev–Trinajstić information content (AvgIpc) is 2.35. The number of ether oxygens (including phenoxy) is 1. The third-order valence-corrected chi connectivity index (χ3v) is 2.89. The van der Waals surface area contributed by atoms with E-state index in [1.807, 2.05) is 39.2 Å². The number of nitrogens with zero attached hydrogens (tertiary/aromatic N) is 1. The van der Waals surface area contributed by atoms with E-state index < -0.39 is 0 Å². The molecule has 4 heteroatoms. The minimum Gasteiger partial charge on any atom is -0.496 e. The number of hydrogen-bond donors (Lipinski definition) is 1. The zero-order valence-electron chi connectivity index (χ0n) is 12.3. The number of rotatable bonds is 7. The Labute approximate surface area is 115 Å². The van der Waals surface area contributed by atoms with Crippen LogP contribution in [0.25, 0.3) is 0 Å². The molecule has 0 saturated heterocycles. The van der Waals surface area contributed by atoms with Gasteiger partial charge >= 0.3 is 0 Å². The van der Waals surface area contributed by atoms with Crippen molar-refractivity contribution in [3.8, 4) is 5.75 Å². The molecule has 0 atom stereocenters. The van der Waals surface area contributed by atoms with Gasteiger partial charge in [0.25, 0.3) is 0 Å². The molecule has 0 spiro atoms. The van der Waals surface area contributed by atoms with Gasteiger partial charge in [-0.05, 0) is 40.1 Å². The van der Waals surface area contributed by atoms with Gasteiger partial charge < -0.3 is 15.0 Å². The molecule has 0 fully saturated rings. The van der Waals surface area contributed by atoms with Crippen LogP contribution in [0, 0.1) is 6.92 Å². The molecule has 0 aromatic heterocycles. The van der Waals surface area contributed by atoms with Crippen LogP contribution in [0.5, 0.6) is 5.75 Å². The maximum Gasteiger partial charge on any atom is 0.224 e. The first kappa shape index (κ1) is 15.5. The maximum atomic E-state index is 11.9. The summed E-state index contributed by atoms with van der Waals surface area (Å²) in [6.45, 7) is 3.71. The normalized spacial score (nSPS) is 10.6. The zero-order chi connectivity index (χ0) is 14.3. The van der Waals surface area contributed by atoms with Crippen molar-refractivity contribution in [3.05, 3.63) is 29.3 Å². The van der Waals surface area contributed by atoms with E-state index in [1.54, 1.807) is 7.11 Å². The number of methoxy groups -OCH3 is 1. The Morgan fingerprint density at radius 2 is 2.11 bits per heavy atom. The van der Waals surface area contributed by atoms with Crippen LogP contribution in [0.3, 0.4) is 0 Å². The van der Waals surface area contributed by atoms with E-state index >= 15 is 0 Å². The first-order chi connectivity index (χ1) is 9.02. The average molecular weight is 264 g/mol. The molecule has 106 valence electrons. The molecule has 4 nitrogen and oxygen atoms in total. The first-order valence-electron chi connectivity index (χ1n) is 6.58. The third kappa shape index (κ3) is 5.75. The second kappa shape index (κ2) is 7.79. The van der Waals surface area contributed by atoms with Crippen molar-refractivity contribution in [1.82, 2.24) is 10.2 Å². The van der Waals surface area contributed by atoms with Crippen molar-refractivity contribution in [1.29, 1.82) is 0 Å². The summed E-state index contributed by atoms with van der Waals surface area (Å²) in [7, 11) is 5.68. The first-order valence-corrected chi connectivity index (χ1v) is 6.58. The number of amides is 1. The number of hydrogen-bond acceptors (Lipinski definition) is 3. The summed E-state index contributed by atoms with van der Waals surface area (Å²) in [6.07, 6.45) is 1.33. The van der Waals surface area contributed by atoms with Gasteiger partial charge in [-0.15, -0.1) is 0 Å². The zero-order valence-corrected chi connectivity index (χ0v) is 12.3. The van der Waals surface area contributed by atoms with Crippen molar-refractivity contribution in [2.75, 3.05) is 34.3 Å². The number of carbonyl (C=O) groups excluding carboxylic acids is 1. The Kier molecular flexibility index (Phi) is 6.36. The number of nitrogens with one attached hydrogen (secondary N) is 1. The summed E-state index contributed by atoms with van der Waals surface area (Å²) in [6, 6.07) is 5.89. The molecular formula is C15H24N2O2. The topological polar surface area (TPSA) is 41.6 Å². The quantitative estimate of drug-likeness (QED) is 0.761. The van der Waals surface area contributed by atoms with Crippen molar-refractivity contribution in [2.45, 2.75) is 19.8 Å². The van der Waals surface area contributed by atoms with E-state index in [-0.39, 0.29) is 5.91 Å². The van der Waals surface area contributed by atoms with Gasteiger partial charge in [-0.1, -0.05) is 17.7 Å². The molecule has 1 amide bonds. The molecule has 0 heterocycles. The molecule has 1 N–H and O–H groups in total. The second-order valence-corrected chi connectivity index (χ2v) is 5.00. The van der Waals surface area contributed by atoms with Crippen LogP contribution in [0.1, 0.15) is 17.5 Å². The molecule has 0 aliphatic carbocycles. The van der Waals surface area contributed by atoms with E-state index in [2.05, 4.69) is 10.2 Å². The molecule has 0 radical (unpaired) electrons. The minimum absolute atomic E-state index is 0.0441. The molecule has 0 aliphatic heterocycles. The lowest BCUT2D eigenvalue weighted by Gasteiger charge is -2.11. The molecule has 0 aliphatic rings. The van der Waals surface area contributed by atoms with E-state index in [4.69, 9.17) is 4.74 Å². The lowest BCUT2D eigenvalue weighted by Crippen LogP contribution is -2.28. The van der Waals surface area contributed by atoms with Crippen molar-refractivity contribution in [2.24, 2.45) is 0 Å². The van der Waals surface area contributed by atoms with Gasteiger partial charge in [0.05, 0.1) is 13.5 Å². The highest BCUT2D eigenvalue weighted by Crippen LogP contribution is 2.19. The Hall–Kier alpha value is -1.55. The van der Waals surface area contributed by atoms with Gasteiger partial charge in [0.2, 0.25) is 5.91 Å². The van der Waals surface area contributed by atoms with Gasteiger partial charge in [-0.2, -0.15) is 0 Å². The lowest BCUT2D eigenvalue weighted by atomic mass is 10.1. The van der Waals surface area contributed by atoms with Crippen LogP contribution in [-0.4, -0.2) is 45.1 Å². The van der Waals surface area contributed by atoms with Crippen LogP contribution < -0.4 is 10.1 Å². The van der Waals surface area contributed by atoms with Gasteiger partial charge in [0.1, 0.15) is 5.75 Å². The number of benzene rings is 1. The summed E-state index contributed by atoms with van der Waals surface area (Å²) in [5, 5.41) is 2.94. The van der Waals surface area contributed by atoms with Gasteiger partial charge in [-0.25, -0.2) is 0 Å². The van der Waals surface area contributed by atoms with Crippen molar-refractivity contribution >= 4 is 5.91 Å². The lowest BCUT2D eigenvalue weighted by molar-refractivity contribution is -0.120. The van der Waals surface area contributed by atoms with Gasteiger partial charge in [0.15, 0.2) is 0 Å². The Morgan fingerprint density at radius 3 is 2.74 bits per heavy atom. The standard InChI is InChI=1S/C15H24N2O2/c1-12-6-7-14(19-4)13(10-12)11-15(18)16-8-5-9-17(2)3/h6-7,10H,5,8-9,11H2,1-4H3,(H,16,18). The molecule has 0 unspecified atom stereocenters. The van der Waals surface area contributed by atoms with E-state index in [0.29, 0.717) is 13.0 Å². The number of aryl methyl sites for hydroxylation is 1.